The van der Waals surface area contributed by atoms with Crippen LogP contribution in [0.3, 0.4) is 0 Å². The fourth-order valence-corrected chi connectivity index (χ4v) is 2.21. The Labute approximate surface area is 134 Å². The van der Waals surface area contributed by atoms with E-state index in [-0.39, 0.29) is 23.6 Å². The first-order valence-electron chi connectivity index (χ1n) is 7.18. The number of hydrogen-bond acceptors (Lipinski definition) is 4. The second kappa shape index (κ2) is 7.84. The van der Waals surface area contributed by atoms with Crippen molar-refractivity contribution in [2.24, 2.45) is 0 Å². The van der Waals surface area contributed by atoms with Crippen molar-refractivity contribution in [1.82, 2.24) is 10.5 Å². The number of benzene rings is 1. The number of halogens is 1. The van der Waals surface area contributed by atoms with Crippen molar-refractivity contribution < 1.29 is 14.1 Å². The fraction of sp³-hybridized carbons (Fsp3) is 0.375. The van der Waals surface area contributed by atoms with Crippen molar-refractivity contribution in [3.63, 3.8) is 0 Å². The molecular weight excluding hydrogens is 304 g/mol. The summed E-state index contributed by atoms with van der Waals surface area (Å²) in [7, 11) is 0. The summed E-state index contributed by atoms with van der Waals surface area (Å²) in [6, 6.07) is 9.45. The standard InChI is InChI=1S/C16H19ClN2O3/c1-3-12(10-21-13-7-5-4-6-8-13)18-15(20)9-14-11(2)19-22-16(14)17/h4-8,12H,3,9-10H2,1-2H3,(H,18,20). The number of rotatable bonds is 7. The topological polar surface area (TPSA) is 64.4 Å². The number of aryl methyl sites for hydroxylation is 1. The maximum Gasteiger partial charge on any atom is 0.229 e. The van der Waals surface area contributed by atoms with Gasteiger partial charge in [0.15, 0.2) is 0 Å². The lowest BCUT2D eigenvalue weighted by Crippen LogP contribution is -2.39. The number of amides is 1. The molecule has 0 aliphatic heterocycles. The van der Waals surface area contributed by atoms with Crippen LogP contribution < -0.4 is 10.1 Å². The zero-order valence-electron chi connectivity index (χ0n) is 12.6. The van der Waals surface area contributed by atoms with Crippen LogP contribution in [0.1, 0.15) is 24.6 Å². The Hall–Kier alpha value is -2.01. The molecule has 1 aromatic carbocycles. The summed E-state index contributed by atoms with van der Waals surface area (Å²) in [6.45, 7) is 4.17. The van der Waals surface area contributed by atoms with Gasteiger partial charge in [-0.1, -0.05) is 30.3 Å². The molecule has 1 atom stereocenters. The van der Waals surface area contributed by atoms with E-state index < -0.39 is 0 Å². The van der Waals surface area contributed by atoms with Gasteiger partial charge in [0.05, 0.1) is 18.2 Å². The number of nitrogens with one attached hydrogen (secondary N) is 1. The van der Waals surface area contributed by atoms with E-state index in [9.17, 15) is 4.79 Å². The van der Waals surface area contributed by atoms with Gasteiger partial charge >= 0.3 is 0 Å². The van der Waals surface area contributed by atoms with Crippen molar-refractivity contribution in [3.8, 4) is 5.75 Å². The summed E-state index contributed by atoms with van der Waals surface area (Å²) in [6.07, 6.45) is 0.922. The Bertz CT molecular complexity index is 594. The smallest absolute Gasteiger partial charge is 0.229 e. The average Bonchev–Trinajstić information content (AvgIpc) is 2.84. The first-order valence-corrected chi connectivity index (χ1v) is 7.55. The molecule has 0 saturated heterocycles. The molecule has 0 spiro atoms. The molecule has 6 heteroatoms. The molecule has 1 amide bonds. The minimum absolute atomic E-state index is 0.0633. The van der Waals surface area contributed by atoms with Crippen molar-refractivity contribution in [2.75, 3.05) is 6.61 Å². The quantitative estimate of drug-likeness (QED) is 0.850. The van der Waals surface area contributed by atoms with E-state index in [1.165, 1.54) is 0 Å². The van der Waals surface area contributed by atoms with Crippen LogP contribution in [-0.2, 0) is 11.2 Å². The van der Waals surface area contributed by atoms with Crippen LogP contribution in [0, 0.1) is 6.92 Å². The van der Waals surface area contributed by atoms with E-state index in [0.717, 1.165) is 12.2 Å². The molecule has 0 radical (unpaired) electrons. The summed E-state index contributed by atoms with van der Waals surface area (Å²) in [5, 5.41) is 6.84. The SMILES string of the molecule is CCC(COc1ccccc1)NC(=O)Cc1c(C)noc1Cl. The van der Waals surface area contributed by atoms with Gasteiger partial charge in [-0.3, -0.25) is 4.79 Å². The number of carbonyl (C=O) groups is 1. The summed E-state index contributed by atoms with van der Waals surface area (Å²) in [5.74, 6) is 0.657. The molecule has 1 N–H and O–H groups in total. The van der Waals surface area contributed by atoms with Gasteiger partial charge in [0.2, 0.25) is 11.1 Å². The number of ether oxygens (including phenoxy) is 1. The minimum Gasteiger partial charge on any atom is -0.491 e. The van der Waals surface area contributed by atoms with E-state index in [1.807, 2.05) is 37.3 Å². The second-order valence-corrected chi connectivity index (χ2v) is 5.34. The van der Waals surface area contributed by atoms with Crippen molar-refractivity contribution >= 4 is 17.5 Å². The molecule has 1 unspecified atom stereocenters. The molecule has 0 bridgehead atoms. The third-order valence-corrected chi connectivity index (χ3v) is 3.62. The normalized spacial score (nSPS) is 12.0. The van der Waals surface area contributed by atoms with Gasteiger partial charge < -0.3 is 14.6 Å². The highest BCUT2D eigenvalue weighted by Crippen LogP contribution is 2.19. The van der Waals surface area contributed by atoms with Gasteiger partial charge in [-0.2, -0.15) is 0 Å². The highest BCUT2D eigenvalue weighted by molar-refractivity contribution is 6.29. The zero-order valence-corrected chi connectivity index (χ0v) is 13.4. The largest absolute Gasteiger partial charge is 0.491 e. The van der Waals surface area contributed by atoms with Crippen LogP contribution in [0.4, 0.5) is 0 Å². The molecule has 118 valence electrons. The predicted octanol–water partition coefficient (Wildman–Crippen LogP) is 3.15. The molecule has 2 aromatic rings. The Kier molecular flexibility index (Phi) is 5.83. The zero-order chi connectivity index (χ0) is 15.9. The van der Waals surface area contributed by atoms with Gasteiger partial charge in [0, 0.05) is 5.56 Å². The third kappa shape index (κ3) is 4.49. The van der Waals surface area contributed by atoms with Crippen LogP contribution >= 0.6 is 11.6 Å². The van der Waals surface area contributed by atoms with Crippen LogP contribution in [0.15, 0.2) is 34.9 Å². The second-order valence-electron chi connectivity index (χ2n) is 4.99. The summed E-state index contributed by atoms with van der Waals surface area (Å²) >= 11 is 5.87. The van der Waals surface area contributed by atoms with Gasteiger partial charge in [0.25, 0.3) is 0 Å². The van der Waals surface area contributed by atoms with E-state index >= 15 is 0 Å². The molecule has 5 nitrogen and oxygen atoms in total. The fourth-order valence-electron chi connectivity index (χ4n) is 1.97. The average molecular weight is 323 g/mol. The number of carbonyl (C=O) groups excluding carboxylic acids is 1. The lowest BCUT2D eigenvalue weighted by molar-refractivity contribution is -0.121. The van der Waals surface area contributed by atoms with Gasteiger partial charge in [0.1, 0.15) is 12.4 Å². The maximum absolute atomic E-state index is 12.1. The van der Waals surface area contributed by atoms with Crippen LogP contribution in [0.2, 0.25) is 5.22 Å². The Morgan fingerprint density at radius 1 is 1.41 bits per heavy atom. The highest BCUT2D eigenvalue weighted by atomic mass is 35.5. The maximum atomic E-state index is 12.1. The number of nitrogens with zero attached hydrogens (tertiary/aromatic N) is 1. The molecule has 0 aliphatic carbocycles. The molecule has 2 rings (SSSR count). The molecule has 1 aromatic heterocycles. The van der Waals surface area contributed by atoms with Crippen LogP contribution in [0.25, 0.3) is 0 Å². The monoisotopic (exact) mass is 322 g/mol. The molecule has 0 fully saturated rings. The van der Waals surface area contributed by atoms with E-state index in [4.69, 9.17) is 20.9 Å². The summed E-state index contributed by atoms with van der Waals surface area (Å²) in [5.41, 5.74) is 1.26. The first-order chi connectivity index (χ1) is 10.6. The Morgan fingerprint density at radius 2 is 2.14 bits per heavy atom. The van der Waals surface area contributed by atoms with Crippen molar-refractivity contribution in [2.45, 2.75) is 32.7 Å². The molecule has 22 heavy (non-hydrogen) atoms. The molecule has 1 heterocycles. The highest BCUT2D eigenvalue weighted by Gasteiger charge is 2.17. The molecular formula is C16H19ClN2O3. The van der Waals surface area contributed by atoms with E-state index in [0.29, 0.717) is 17.9 Å². The molecule has 0 saturated carbocycles. The third-order valence-electron chi connectivity index (χ3n) is 3.33. The summed E-state index contributed by atoms with van der Waals surface area (Å²) in [4.78, 5) is 12.1. The van der Waals surface area contributed by atoms with E-state index in [1.54, 1.807) is 6.92 Å². The minimum atomic E-state index is -0.128. The lowest BCUT2D eigenvalue weighted by atomic mass is 10.1. The lowest BCUT2D eigenvalue weighted by Gasteiger charge is -2.17. The number of para-hydroxylation sites is 1. The van der Waals surface area contributed by atoms with Crippen molar-refractivity contribution in [3.05, 3.63) is 46.8 Å². The van der Waals surface area contributed by atoms with Crippen molar-refractivity contribution in [1.29, 1.82) is 0 Å². The van der Waals surface area contributed by atoms with Gasteiger partial charge in [-0.05, 0) is 37.1 Å². The number of aromatic nitrogens is 1. The number of hydrogen-bond donors (Lipinski definition) is 1. The van der Waals surface area contributed by atoms with E-state index in [2.05, 4.69) is 10.5 Å². The van der Waals surface area contributed by atoms with Gasteiger partial charge in [-0.25, -0.2) is 0 Å². The Morgan fingerprint density at radius 3 is 2.73 bits per heavy atom. The molecule has 0 aliphatic rings. The first kappa shape index (κ1) is 16.4. The van der Waals surface area contributed by atoms with Gasteiger partial charge in [-0.15, -0.1) is 0 Å². The van der Waals surface area contributed by atoms with Crippen LogP contribution in [-0.4, -0.2) is 23.7 Å². The predicted molar refractivity (Wildman–Crippen MR) is 84.1 cm³/mol. The Balaban J connectivity index is 1.86. The van der Waals surface area contributed by atoms with Crippen LogP contribution in [0.5, 0.6) is 5.75 Å². The summed E-state index contributed by atoms with van der Waals surface area (Å²) < 4.78 is 10.5.